The van der Waals surface area contributed by atoms with E-state index >= 15 is 0 Å². The van der Waals surface area contributed by atoms with E-state index in [1.807, 2.05) is 23.2 Å². The molecule has 0 amide bonds. The first-order valence-corrected chi connectivity index (χ1v) is 7.67. The number of hydrogen-bond acceptors (Lipinski definition) is 7. The molecule has 0 aliphatic carbocycles. The lowest BCUT2D eigenvalue weighted by Gasteiger charge is -2.08. The lowest BCUT2D eigenvalue weighted by Crippen LogP contribution is -2.15. The zero-order valence-corrected chi connectivity index (χ0v) is 12.1. The molecule has 0 aliphatic heterocycles. The van der Waals surface area contributed by atoms with Gasteiger partial charge in [0.15, 0.2) is 5.82 Å². The highest BCUT2D eigenvalue weighted by Gasteiger charge is 2.07. The molecule has 0 aromatic carbocycles. The third-order valence-electron chi connectivity index (χ3n) is 2.42. The molecule has 98 valence electrons. The Labute approximate surface area is 115 Å². The smallest absolute Gasteiger partial charge is 0.152 e. The van der Waals surface area contributed by atoms with E-state index in [0.717, 1.165) is 34.1 Å². The minimum absolute atomic E-state index is 0.712. The van der Waals surface area contributed by atoms with Crippen molar-refractivity contribution in [2.45, 2.75) is 5.75 Å². The van der Waals surface area contributed by atoms with E-state index in [0.29, 0.717) is 5.82 Å². The van der Waals surface area contributed by atoms with E-state index in [-0.39, 0.29) is 0 Å². The second-order valence-corrected chi connectivity index (χ2v) is 6.13. The SMILES string of the molecule is CN(C)CCSCc1nc(NN)c2ccsc2n1. The van der Waals surface area contributed by atoms with Crippen molar-refractivity contribution in [2.75, 3.05) is 31.8 Å². The predicted octanol–water partition coefficient (Wildman–Crippen LogP) is 1.77. The normalized spacial score (nSPS) is 11.3. The molecule has 0 bridgehead atoms. The average Bonchev–Trinajstić information content (AvgIpc) is 2.81. The number of thioether (sulfide) groups is 1. The summed E-state index contributed by atoms with van der Waals surface area (Å²) >= 11 is 3.45. The molecule has 0 unspecified atom stereocenters. The minimum Gasteiger partial charge on any atom is -0.309 e. The van der Waals surface area contributed by atoms with Gasteiger partial charge in [-0.2, -0.15) is 11.8 Å². The van der Waals surface area contributed by atoms with Crippen molar-refractivity contribution >= 4 is 39.1 Å². The molecule has 7 heteroatoms. The fourth-order valence-electron chi connectivity index (χ4n) is 1.48. The van der Waals surface area contributed by atoms with Gasteiger partial charge >= 0.3 is 0 Å². The number of fused-ring (bicyclic) bond motifs is 1. The monoisotopic (exact) mass is 283 g/mol. The summed E-state index contributed by atoms with van der Waals surface area (Å²) in [7, 11) is 4.15. The zero-order valence-electron chi connectivity index (χ0n) is 10.5. The number of nitrogens with two attached hydrogens (primary N) is 1. The number of aromatic nitrogens is 2. The van der Waals surface area contributed by atoms with E-state index in [1.54, 1.807) is 11.3 Å². The minimum atomic E-state index is 0.712. The van der Waals surface area contributed by atoms with Crippen LogP contribution in [-0.4, -0.2) is 41.3 Å². The molecular formula is C11H17N5S2. The van der Waals surface area contributed by atoms with Gasteiger partial charge < -0.3 is 10.3 Å². The van der Waals surface area contributed by atoms with Crippen molar-refractivity contribution in [1.29, 1.82) is 0 Å². The lowest BCUT2D eigenvalue weighted by molar-refractivity contribution is 0.437. The van der Waals surface area contributed by atoms with E-state index in [4.69, 9.17) is 5.84 Å². The van der Waals surface area contributed by atoms with Gasteiger partial charge in [-0.15, -0.1) is 11.3 Å². The number of nitrogens with one attached hydrogen (secondary N) is 1. The van der Waals surface area contributed by atoms with Crippen molar-refractivity contribution in [3.63, 3.8) is 0 Å². The summed E-state index contributed by atoms with van der Waals surface area (Å²) in [6, 6.07) is 1.98. The Kier molecular flexibility index (Phi) is 4.76. The molecular weight excluding hydrogens is 266 g/mol. The van der Waals surface area contributed by atoms with Gasteiger partial charge in [0.2, 0.25) is 0 Å². The van der Waals surface area contributed by atoms with Crippen molar-refractivity contribution in [2.24, 2.45) is 5.84 Å². The Balaban J connectivity index is 2.04. The van der Waals surface area contributed by atoms with E-state index in [2.05, 4.69) is 34.4 Å². The number of rotatable bonds is 6. The molecule has 0 fully saturated rings. The number of nitrogens with zero attached hydrogens (tertiary/aromatic N) is 3. The van der Waals surface area contributed by atoms with Crippen LogP contribution in [0, 0.1) is 0 Å². The largest absolute Gasteiger partial charge is 0.309 e. The molecule has 0 atom stereocenters. The number of thiophene rings is 1. The fourth-order valence-corrected chi connectivity index (χ4v) is 3.22. The van der Waals surface area contributed by atoms with Crippen LogP contribution in [0.15, 0.2) is 11.4 Å². The van der Waals surface area contributed by atoms with Crippen LogP contribution in [-0.2, 0) is 5.75 Å². The molecule has 0 aliphatic rings. The Morgan fingerprint density at radius 3 is 3.00 bits per heavy atom. The molecule has 2 aromatic rings. The highest BCUT2D eigenvalue weighted by Crippen LogP contribution is 2.25. The number of hydrazine groups is 1. The van der Waals surface area contributed by atoms with Gasteiger partial charge in [0, 0.05) is 12.3 Å². The first-order valence-electron chi connectivity index (χ1n) is 5.64. The molecule has 2 heterocycles. The van der Waals surface area contributed by atoms with Gasteiger partial charge in [-0.3, -0.25) is 0 Å². The molecule has 0 radical (unpaired) electrons. The summed E-state index contributed by atoms with van der Waals surface area (Å²) in [6.45, 7) is 1.06. The van der Waals surface area contributed by atoms with Gasteiger partial charge in [-0.25, -0.2) is 15.8 Å². The topological polar surface area (TPSA) is 67.1 Å². The van der Waals surface area contributed by atoms with Crippen LogP contribution in [0.2, 0.25) is 0 Å². The Morgan fingerprint density at radius 2 is 2.28 bits per heavy atom. The van der Waals surface area contributed by atoms with Crippen molar-refractivity contribution < 1.29 is 0 Å². The molecule has 2 aromatic heterocycles. The summed E-state index contributed by atoms with van der Waals surface area (Å²) in [5.41, 5.74) is 2.64. The van der Waals surface area contributed by atoms with E-state index < -0.39 is 0 Å². The fraction of sp³-hybridized carbons (Fsp3) is 0.455. The van der Waals surface area contributed by atoms with Crippen LogP contribution in [0.4, 0.5) is 5.82 Å². The van der Waals surface area contributed by atoms with Crippen LogP contribution in [0.1, 0.15) is 5.82 Å². The second-order valence-electron chi connectivity index (χ2n) is 4.13. The maximum absolute atomic E-state index is 5.49. The highest BCUT2D eigenvalue weighted by molar-refractivity contribution is 7.98. The second kappa shape index (κ2) is 6.33. The van der Waals surface area contributed by atoms with Crippen molar-refractivity contribution in [3.05, 3.63) is 17.3 Å². The maximum atomic E-state index is 5.49. The summed E-state index contributed by atoms with van der Waals surface area (Å²) in [4.78, 5) is 12.1. The Bertz CT molecular complexity index is 511. The Hall–Kier alpha value is -0.890. The summed E-state index contributed by atoms with van der Waals surface area (Å²) < 4.78 is 0. The molecule has 3 N–H and O–H groups in total. The molecule has 0 spiro atoms. The van der Waals surface area contributed by atoms with Crippen LogP contribution < -0.4 is 11.3 Å². The van der Waals surface area contributed by atoms with Crippen LogP contribution in [0.3, 0.4) is 0 Å². The van der Waals surface area contributed by atoms with Gasteiger partial charge in [-0.1, -0.05) is 0 Å². The first-order chi connectivity index (χ1) is 8.70. The third kappa shape index (κ3) is 3.32. The molecule has 0 saturated carbocycles. The van der Waals surface area contributed by atoms with Crippen LogP contribution in [0.5, 0.6) is 0 Å². The van der Waals surface area contributed by atoms with Crippen molar-refractivity contribution in [3.8, 4) is 0 Å². The van der Waals surface area contributed by atoms with Crippen LogP contribution in [0.25, 0.3) is 10.2 Å². The quantitative estimate of drug-likeness (QED) is 0.478. The zero-order chi connectivity index (χ0) is 13.0. The van der Waals surface area contributed by atoms with E-state index in [1.165, 1.54) is 0 Å². The third-order valence-corrected chi connectivity index (χ3v) is 4.16. The van der Waals surface area contributed by atoms with Gasteiger partial charge in [0.25, 0.3) is 0 Å². The number of hydrogen-bond donors (Lipinski definition) is 2. The maximum Gasteiger partial charge on any atom is 0.152 e. The predicted molar refractivity (Wildman–Crippen MR) is 79.9 cm³/mol. The summed E-state index contributed by atoms with van der Waals surface area (Å²) in [5.74, 6) is 8.93. The van der Waals surface area contributed by atoms with Gasteiger partial charge in [-0.05, 0) is 25.5 Å². The summed E-state index contributed by atoms with van der Waals surface area (Å²) in [6.07, 6.45) is 0. The molecule has 0 saturated heterocycles. The number of anilines is 1. The summed E-state index contributed by atoms with van der Waals surface area (Å²) in [5, 5.41) is 2.99. The average molecular weight is 283 g/mol. The standard InChI is InChI=1S/C11H17N5S2/c1-16(2)4-6-17-7-9-13-10(15-12)8-3-5-18-11(8)14-9/h3,5H,4,6-7,12H2,1-2H3,(H,13,14,15). The molecule has 18 heavy (non-hydrogen) atoms. The number of nitrogen functional groups attached to an aromatic ring is 1. The molecule has 5 nitrogen and oxygen atoms in total. The lowest BCUT2D eigenvalue weighted by atomic mass is 10.4. The molecule has 2 rings (SSSR count). The van der Waals surface area contributed by atoms with Gasteiger partial charge in [0.05, 0.1) is 11.1 Å². The van der Waals surface area contributed by atoms with Crippen molar-refractivity contribution in [1.82, 2.24) is 14.9 Å². The van der Waals surface area contributed by atoms with Gasteiger partial charge in [0.1, 0.15) is 10.7 Å². The first kappa shape index (κ1) is 13.5. The van der Waals surface area contributed by atoms with E-state index in [9.17, 15) is 0 Å². The Morgan fingerprint density at radius 1 is 1.44 bits per heavy atom. The van der Waals surface area contributed by atoms with Crippen LogP contribution >= 0.6 is 23.1 Å². The highest BCUT2D eigenvalue weighted by atomic mass is 32.2.